The van der Waals surface area contributed by atoms with Crippen molar-refractivity contribution in [2.24, 2.45) is 11.1 Å². The Morgan fingerprint density at radius 2 is 2.11 bits per heavy atom. The fourth-order valence-corrected chi connectivity index (χ4v) is 1.32. The first-order valence-corrected chi connectivity index (χ1v) is 5.59. The van der Waals surface area contributed by atoms with Crippen LogP contribution in [0.25, 0.3) is 0 Å². The fraction of sp³-hybridized carbons (Fsp3) is 0.385. The smallest absolute Gasteiger partial charge is 0.331 e. The van der Waals surface area contributed by atoms with E-state index in [4.69, 9.17) is 15.9 Å². The second-order valence-corrected chi connectivity index (χ2v) is 4.09. The van der Waals surface area contributed by atoms with Crippen molar-refractivity contribution in [3.8, 4) is 0 Å². The van der Waals surface area contributed by atoms with Crippen molar-refractivity contribution in [2.75, 3.05) is 0 Å². The number of hydrogen-bond donors (Lipinski definition) is 3. The third-order valence-corrected chi connectivity index (χ3v) is 2.45. The van der Waals surface area contributed by atoms with Crippen LogP contribution < -0.4 is 5.73 Å². The molecule has 0 radical (unpaired) electrons. The normalized spacial score (nSPS) is 22.0. The Kier molecular flexibility index (Phi) is 6.49. The molecule has 0 amide bonds. The molecule has 0 bridgehead atoms. The first kappa shape index (κ1) is 16.0. The monoisotopic (exact) mass is 253 g/mol. The molecule has 100 valence electrons. The highest BCUT2D eigenvalue weighted by molar-refractivity contribution is 5.90. The van der Waals surface area contributed by atoms with Crippen LogP contribution >= 0.6 is 0 Å². The molecule has 1 rings (SSSR count). The van der Waals surface area contributed by atoms with E-state index in [1.807, 2.05) is 13.0 Å². The first-order chi connectivity index (χ1) is 8.37. The first-order valence-electron chi connectivity index (χ1n) is 5.59. The largest absolute Gasteiger partial charge is 0.481 e. The van der Waals surface area contributed by atoms with Gasteiger partial charge >= 0.3 is 11.9 Å². The summed E-state index contributed by atoms with van der Waals surface area (Å²) < 4.78 is 0. The standard InChI is InChI=1S/C9H10O4.C4H9N/c1-9(8(12)13)4-2-3-6(5-9)7(10)11;1-2-3-4-5/h2-4H,5H2,1H3,(H,10,11)(H,12,13);3-4H,2,5H2,1H3. The third kappa shape index (κ3) is 4.86. The topological polar surface area (TPSA) is 101 Å². The summed E-state index contributed by atoms with van der Waals surface area (Å²) in [6, 6.07) is 0. The van der Waals surface area contributed by atoms with Crippen LogP contribution in [0.15, 0.2) is 36.1 Å². The van der Waals surface area contributed by atoms with E-state index in [2.05, 4.69) is 0 Å². The van der Waals surface area contributed by atoms with Gasteiger partial charge in [0.1, 0.15) is 0 Å². The lowest BCUT2D eigenvalue weighted by atomic mass is 9.80. The minimum absolute atomic E-state index is 0.0359. The molecule has 1 unspecified atom stereocenters. The zero-order valence-corrected chi connectivity index (χ0v) is 10.6. The van der Waals surface area contributed by atoms with Gasteiger partial charge in [-0.05, 0) is 26.0 Å². The molecule has 0 aromatic rings. The summed E-state index contributed by atoms with van der Waals surface area (Å²) in [6.07, 6.45) is 8.93. The number of rotatable bonds is 3. The van der Waals surface area contributed by atoms with E-state index in [1.54, 1.807) is 6.20 Å². The van der Waals surface area contributed by atoms with Crippen molar-refractivity contribution in [3.63, 3.8) is 0 Å². The molecule has 0 saturated heterocycles. The van der Waals surface area contributed by atoms with Gasteiger partial charge in [-0.25, -0.2) is 4.79 Å². The number of aliphatic carboxylic acids is 2. The SMILES string of the molecule is CC1(C(=O)O)C=CC=C(C(=O)O)C1.CCC=CN. The highest BCUT2D eigenvalue weighted by atomic mass is 16.4. The molecule has 0 aromatic heterocycles. The van der Waals surface area contributed by atoms with Crippen molar-refractivity contribution in [3.05, 3.63) is 36.1 Å². The van der Waals surface area contributed by atoms with E-state index in [9.17, 15) is 9.59 Å². The summed E-state index contributed by atoms with van der Waals surface area (Å²) in [5, 5.41) is 17.5. The molecule has 1 aliphatic rings. The predicted molar refractivity (Wildman–Crippen MR) is 68.8 cm³/mol. The summed E-state index contributed by atoms with van der Waals surface area (Å²) in [5.41, 5.74) is 4.01. The van der Waals surface area contributed by atoms with Gasteiger partial charge in [-0.3, -0.25) is 4.79 Å². The quantitative estimate of drug-likeness (QED) is 0.713. The Morgan fingerprint density at radius 1 is 1.50 bits per heavy atom. The van der Waals surface area contributed by atoms with Gasteiger partial charge in [-0.15, -0.1) is 0 Å². The predicted octanol–water partition coefficient (Wildman–Crippen LogP) is 1.92. The molecule has 5 nitrogen and oxygen atoms in total. The molecule has 0 heterocycles. The van der Waals surface area contributed by atoms with Gasteiger partial charge in [-0.2, -0.15) is 0 Å². The number of carbonyl (C=O) groups is 2. The lowest BCUT2D eigenvalue weighted by Crippen LogP contribution is -2.28. The summed E-state index contributed by atoms with van der Waals surface area (Å²) in [5.74, 6) is -2.06. The second kappa shape index (κ2) is 7.32. The molecular formula is C13H19NO4. The molecule has 4 N–H and O–H groups in total. The van der Waals surface area contributed by atoms with Crippen LogP contribution in [0.5, 0.6) is 0 Å². The van der Waals surface area contributed by atoms with Gasteiger partial charge in [0.2, 0.25) is 0 Å². The maximum absolute atomic E-state index is 10.8. The third-order valence-electron chi connectivity index (χ3n) is 2.45. The number of nitrogens with two attached hydrogens (primary N) is 1. The van der Waals surface area contributed by atoms with Crippen LogP contribution in [0.1, 0.15) is 26.7 Å². The van der Waals surface area contributed by atoms with Crippen LogP contribution in [0, 0.1) is 5.41 Å². The van der Waals surface area contributed by atoms with E-state index in [-0.39, 0.29) is 12.0 Å². The van der Waals surface area contributed by atoms with Gasteiger partial charge < -0.3 is 15.9 Å². The molecule has 1 atom stereocenters. The average Bonchev–Trinajstić information content (AvgIpc) is 2.30. The van der Waals surface area contributed by atoms with E-state index >= 15 is 0 Å². The Hall–Kier alpha value is -2.04. The summed E-state index contributed by atoms with van der Waals surface area (Å²) >= 11 is 0. The van der Waals surface area contributed by atoms with Gasteiger partial charge in [0.05, 0.1) is 5.41 Å². The van der Waals surface area contributed by atoms with E-state index in [1.165, 1.54) is 25.2 Å². The van der Waals surface area contributed by atoms with E-state index in [0.29, 0.717) is 0 Å². The van der Waals surface area contributed by atoms with Crippen LogP contribution in [0.4, 0.5) is 0 Å². The number of carboxylic acids is 2. The molecule has 0 aromatic carbocycles. The van der Waals surface area contributed by atoms with E-state index in [0.717, 1.165) is 6.42 Å². The Morgan fingerprint density at radius 3 is 2.44 bits per heavy atom. The Bertz CT molecular complexity index is 396. The van der Waals surface area contributed by atoms with Crippen molar-refractivity contribution < 1.29 is 19.8 Å². The Labute approximate surface area is 106 Å². The van der Waals surface area contributed by atoms with Gasteiger partial charge in [0.25, 0.3) is 0 Å². The molecular weight excluding hydrogens is 234 g/mol. The molecule has 0 aliphatic heterocycles. The minimum atomic E-state index is -1.08. The van der Waals surface area contributed by atoms with Crippen molar-refractivity contribution >= 4 is 11.9 Å². The lowest BCUT2D eigenvalue weighted by molar-refractivity contribution is -0.145. The van der Waals surface area contributed by atoms with E-state index < -0.39 is 17.4 Å². The second-order valence-electron chi connectivity index (χ2n) is 4.09. The molecule has 0 spiro atoms. The average molecular weight is 253 g/mol. The van der Waals surface area contributed by atoms with Gasteiger partial charge in [-0.1, -0.05) is 31.2 Å². The number of carboxylic acid groups (broad SMARTS) is 2. The lowest BCUT2D eigenvalue weighted by Gasteiger charge is -2.23. The molecule has 18 heavy (non-hydrogen) atoms. The molecule has 0 saturated carbocycles. The minimum Gasteiger partial charge on any atom is -0.481 e. The van der Waals surface area contributed by atoms with Crippen LogP contribution in [-0.4, -0.2) is 22.2 Å². The zero-order valence-electron chi connectivity index (χ0n) is 10.6. The number of hydrogen-bond acceptors (Lipinski definition) is 3. The highest BCUT2D eigenvalue weighted by Crippen LogP contribution is 2.31. The van der Waals surface area contributed by atoms with Crippen molar-refractivity contribution in [1.82, 2.24) is 0 Å². The zero-order chi connectivity index (χ0) is 14.2. The maximum Gasteiger partial charge on any atom is 0.331 e. The van der Waals surface area contributed by atoms with Crippen LogP contribution in [0.3, 0.4) is 0 Å². The molecule has 5 heteroatoms. The van der Waals surface area contributed by atoms with Crippen molar-refractivity contribution in [1.29, 1.82) is 0 Å². The molecule has 0 fully saturated rings. The maximum atomic E-state index is 10.8. The summed E-state index contributed by atoms with van der Waals surface area (Å²) in [6.45, 7) is 3.55. The summed E-state index contributed by atoms with van der Waals surface area (Å²) in [4.78, 5) is 21.3. The van der Waals surface area contributed by atoms with Gasteiger partial charge in [0.15, 0.2) is 0 Å². The number of allylic oxidation sites excluding steroid dienone is 3. The van der Waals surface area contributed by atoms with Crippen molar-refractivity contribution in [2.45, 2.75) is 26.7 Å². The van der Waals surface area contributed by atoms with Gasteiger partial charge in [0, 0.05) is 5.57 Å². The highest BCUT2D eigenvalue weighted by Gasteiger charge is 2.34. The fourth-order valence-electron chi connectivity index (χ4n) is 1.32. The molecule has 1 aliphatic carbocycles. The Balaban J connectivity index is 0.000000494. The summed E-state index contributed by atoms with van der Waals surface area (Å²) in [7, 11) is 0. The van der Waals surface area contributed by atoms with Crippen LogP contribution in [0.2, 0.25) is 0 Å². The van der Waals surface area contributed by atoms with Crippen LogP contribution in [-0.2, 0) is 9.59 Å².